The van der Waals surface area contributed by atoms with Crippen LogP contribution in [0.2, 0.25) is 0 Å². The highest BCUT2D eigenvalue weighted by atomic mass is 16.2. The van der Waals surface area contributed by atoms with E-state index in [-0.39, 0.29) is 11.6 Å². The summed E-state index contributed by atoms with van der Waals surface area (Å²) >= 11 is 0. The lowest BCUT2D eigenvalue weighted by atomic mass is 10.1. The maximum absolute atomic E-state index is 11.8. The molecule has 0 bridgehead atoms. The van der Waals surface area contributed by atoms with Gasteiger partial charge in [-0.2, -0.15) is 10.4 Å². The number of rotatable bonds is 4. The minimum Gasteiger partial charge on any atom is -0.382 e. The Morgan fingerprint density at radius 2 is 2.40 bits per heavy atom. The molecule has 2 rings (SSSR count). The first kappa shape index (κ1) is 13.5. The second-order valence-electron chi connectivity index (χ2n) is 4.26. The molecule has 0 atom stereocenters. The van der Waals surface area contributed by atoms with Crippen molar-refractivity contribution in [2.45, 2.75) is 13.3 Å². The summed E-state index contributed by atoms with van der Waals surface area (Å²) in [6.45, 7) is 2.56. The van der Waals surface area contributed by atoms with Gasteiger partial charge in [0.05, 0.1) is 12.1 Å². The van der Waals surface area contributed by atoms with Crippen molar-refractivity contribution in [3.8, 4) is 6.07 Å². The highest BCUT2D eigenvalue weighted by Gasteiger charge is 2.25. The molecule has 0 saturated heterocycles. The molecule has 1 amide bonds. The number of hydrogen-bond acceptors (Lipinski definition) is 5. The Bertz CT molecular complexity index is 643. The number of amides is 1. The number of fused-ring (bicyclic) bond motifs is 1. The first-order chi connectivity index (χ1) is 9.56. The summed E-state index contributed by atoms with van der Waals surface area (Å²) in [5, 5.41) is 19.6. The number of nitrogens with zero attached hydrogens (tertiary/aromatic N) is 3. The lowest BCUT2D eigenvalue weighted by Gasteiger charge is -2.14. The molecule has 0 fully saturated rings. The van der Waals surface area contributed by atoms with Gasteiger partial charge in [-0.3, -0.25) is 15.6 Å². The Kier molecular flexibility index (Phi) is 3.66. The van der Waals surface area contributed by atoms with Gasteiger partial charge in [-0.25, -0.2) is 0 Å². The molecule has 1 aliphatic heterocycles. The number of amidine groups is 1. The molecule has 0 spiro atoms. The van der Waals surface area contributed by atoms with E-state index in [2.05, 4.69) is 10.5 Å². The van der Waals surface area contributed by atoms with Crippen LogP contribution in [0, 0.1) is 16.7 Å². The highest BCUT2D eigenvalue weighted by molar-refractivity contribution is 6.45. The molecular formula is C13H14N6O. The van der Waals surface area contributed by atoms with Crippen LogP contribution in [-0.4, -0.2) is 24.0 Å². The van der Waals surface area contributed by atoms with Gasteiger partial charge in [-0.1, -0.05) is 0 Å². The summed E-state index contributed by atoms with van der Waals surface area (Å²) in [5.74, 6) is -0.321. The summed E-state index contributed by atoms with van der Waals surface area (Å²) in [5.41, 5.74) is 10.1. The maximum atomic E-state index is 11.8. The SMILES string of the molecule is CCN1C(=O)Cc2cc(N/N=C(\C#N)C(=N)N)ccc21. The second-order valence-corrected chi connectivity index (χ2v) is 4.26. The summed E-state index contributed by atoms with van der Waals surface area (Å²) in [6.07, 6.45) is 0.361. The molecule has 0 saturated carbocycles. The van der Waals surface area contributed by atoms with Gasteiger partial charge in [0.1, 0.15) is 6.07 Å². The van der Waals surface area contributed by atoms with Gasteiger partial charge in [0.15, 0.2) is 5.84 Å². The molecule has 7 nitrogen and oxygen atoms in total. The van der Waals surface area contributed by atoms with Crippen LogP contribution >= 0.6 is 0 Å². The van der Waals surface area contributed by atoms with Crippen molar-refractivity contribution >= 4 is 28.8 Å². The van der Waals surface area contributed by atoms with Gasteiger partial charge < -0.3 is 10.6 Å². The predicted molar refractivity (Wildman–Crippen MR) is 76.8 cm³/mol. The number of carbonyl (C=O) groups excluding carboxylic acids is 1. The van der Waals surface area contributed by atoms with E-state index in [0.717, 1.165) is 11.3 Å². The zero-order valence-corrected chi connectivity index (χ0v) is 11.0. The normalized spacial score (nSPS) is 13.9. The van der Waals surface area contributed by atoms with E-state index in [0.29, 0.717) is 18.7 Å². The average molecular weight is 270 g/mol. The number of nitrogens with two attached hydrogens (primary N) is 1. The van der Waals surface area contributed by atoms with Gasteiger partial charge >= 0.3 is 0 Å². The van der Waals surface area contributed by atoms with Crippen molar-refractivity contribution in [1.82, 2.24) is 0 Å². The maximum Gasteiger partial charge on any atom is 0.231 e. The van der Waals surface area contributed by atoms with Crippen molar-refractivity contribution in [3.05, 3.63) is 23.8 Å². The molecule has 1 heterocycles. The zero-order chi connectivity index (χ0) is 14.7. The van der Waals surface area contributed by atoms with Crippen molar-refractivity contribution in [1.29, 1.82) is 10.7 Å². The Balaban J connectivity index is 2.22. The minimum atomic E-state index is -0.395. The molecule has 20 heavy (non-hydrogen) atoms. The molecule has 1 aromatic carbocycles. The van der Waals surface area contributed by atoms with Crippen LogP contribution in [0.15, 0.2) is 23.3 Å². The number of hydrogen-bond donors (Lipinski definition) is 3. The third-order valence-electron chi connectivity index (χ3n) is 2.99. The van der Waals surface area contributed by atoms with Crippen molar-refractivity contribution in [3.63, 3.8) is 0 Å². The van der Waals surface area contributed by atoms with Crippen LogP contribution in [0.1, 0.15) is 12.5 Å². The minimum absolute atomic E-state index is 0.0737. The predicted octanol–water partition coefficient (Wildman–Crippen LogP) is 0.823. The lowest BCUT2D eigenvalue weighted by molar-refractivity contribution is -0.117. The van der Waals surface area contributed by atoms with Crippen molar-refractivity contribution in [2.24, 2.45) is 10.8 Å². The fraction of sp³-hybridized carbons (Fsp3) is 0.231. The molecule has 0 unspecified atom stereocenters. The van der Waals surface area contributed by atoms with Crippen LogP contribution < -0.4 is 16.1 Å². The Morgan fingerprint density at radius 1 is 1.65 bits per heavy atom. The standard InChI is InChI=1S/C13H14N6O/c1-2-19-11-4-3-9(5-8(11)6-12(19)20)17-18-10(7-14)13(15)16/h3-5,17H,2,6H2,1H3,(H3,15,16)/b18-10+. The number of nitriles is 1. The summed E-state index contributed by atoms with van der Waals surface area (Å²) < 4.78 is 0. The quantitative estimate of drug-likeness (QED) is 0.426. The molecule has 4 N–H and O–H groups in total. The van der Waals surface area contributed by atoms with Crippen LogP contribution in [0.3, 0.4) is 0 Å². The number of hydrazone groups is 1. The molecule has 7 heteroatoms. The van der Waals surface area contributed by atoms with E-state index < -0.39 is 5.84 Å². The van der Waals surface area contributed by atoms with E-state index in [9.17, 15) is 4.79 Å². The summed E-state index contributed by atoms with van der Waals surface area (Å²) in [4.78, 5) is 13.5. The Hall–Kier alpha value is -2.88. The summed E-state index contributed by atoms with van der Waals surface area (Å²) in [6, 6.07) is 7.13. The smallest absolute Gasteiger partial charge is 0.231 e. The van der Waals surface area contributed by atoms with Gasteiger partial charge in [0.2, 0.25) is 11.6 Å². The fourth-order valence-electron chi connectivity index (χ4n) is 2.07. The van der Waals surface area contributed by atoms with E-state index >= 15 is 0 Å². The lowest BCUT2D eigenvalue weighted by Crippen LogP contribution is -2.25. The molecular weight excluding hydrogens is 256 g/mol. The van der Waals surface area contributed by atoms with Crippen molar-refractivity contribution < 1.29 is 4.79 Å². The Labute approximate surface area is 116 Å². The van der Waals surface area contributed by atoms with Crippen LogP contribution in [0.4, 0.5) is 11.4 Å². The van der Waals surface area contributed by atoms with Crippen LogP contribution in [0.25, 0.3) is 0 Å². The van der Waals surface area contributed by atoms with Gasteiger partial charge in [0.25, 0.3) is 0 Å². The molecule has 0 aromatic heterocycles. The molecule has 0 radical (unpaired) electrons. The number of carbonyl (C=O) groups is 1. The monoisotopic (exact) mass is 270 g/mol. The number of anilines is 2. The third kappa shape index (κ3) is 2.44. The van der Waals surface area contributed by atoms with Gasteiger partial charge in [0, 0.05) is 12.2 Å². The van der Waals surface area contributed by atoms with E-state index in [1.807, 2.05) is 19.1 Å². The van der Waals surface area contributed by atoms with Gasteiger partial charge in [-0.05, 0) is 30.7 Å². The van der Waals surface area contributed by atoms with Crippen LogP contribution in [0.5, 0.6) is 0 Å². The first-order valence-corrected chi connectivity index (χ1v) is 6.08. The highest BCUT2D eigenvalue weighted by Crippen LogP contribution is 2.30. The second kappa shape index (κ2) is 5.40. The molecule has 1 aromatic rings. The average Bonchev–Trinajstić information content (AvgIpc) is 2.73. The molecule has 1 aliphatic rings. The summed E-state index contributed by atoms with van der Waals surface area (Å²) in [7, 11) is 0. The zero-order valence-electron chi connectivity index (χ0n) is 11.0. The van der Waals surface area contributed by atoms with E-state index in [1.54, 1.807) is 17.0 Å². The first-order valence-electron chi connectivity index (χ1n) is 6.08. The van der Waals surface area contributed by atoms with Crippen LogP contribution in [-0.2, 0) is 11.2 Å². The Morgan fingerprint density at radius 3 is 3.00 bits per heavy atom. The number of nitrogens with one attached hydrogen (secondary N) is 2. The molecule has 102 valence electrons. The van der Waals surface area contributed by atoms with Crippen molar-refractivity contribution in [2.75, 3.05) is 16.9 Å². The number of benzene rings is 1. The molecule has 0 aliphatic carbocycles. The largest absolute Gasteiger partial charge is 0.382 e. The van der Waals surface area contributed by atoms with E-state index in [1.165, 1.54) is 0 Å². The third-order valence-corrected chi connectivity index (χ3v) is 2.99. The van der Waals surface area contributed by atoms with E-state index in [4.69, 9.17) is 16.4 Å². The van der Waals surface area contributed by atoms with Gasteiger partial charge in [-0.15, -0.1) is 0 Å². The number of likely N-dealkylation sites (N-methyl/N-ethyl adjacent to an activating group) is 1. The topological polar surface area (TPSA) is 118 Å². The fourth-order valence-corrected chi connectivity index (χ4v) is 2.07.